The number of aliphatic hydroxyl groups is 5. The van der Waals surface area contributed by atoms with E-state index in [-0.39, 0.29) is 117 Å². The summed E-state index contributed by atoms with van der Waals surface area (Å²) in [6, 6.07) is 7.82. The number of rotatable bonds is 25. The molecule has 0 aromatic heterocycles. The maximum Gasteiger partial charge on any atom is 0.412 e. The van der Waals surface area contributed by atoms with Crippen LogP contribution in [-0.2, 0) is 65.5 Å². The van der Waals surface area contributed by atoms with E-state index in [4.69, 9.17) is 33.2 Å². The Kier molecular flexibility index (Phi) is 21.1. The van der Waals surface area contributed by atoms with Crippen LogP contribution in [0.1, 0.15) is 119 Å². The lowest BCUT2D eigenvalue weighted by Crippen LogP contribution is -2.61. The molecule has 480 valence electrons. The van der Waals surface area contributed by atoms with Gasteiger partial charge in [-0.2, -0.15) is 0 Å². The number of hydrogen-bond acceptors (Lipinski definition) is 24. The minimum absolute atomic E-state index is 0.0116. The van der Waals surface area contributed by atoms with Crippen LogP contribution in [0.25, 0.3) is 0 Å². The van der Waals surface area contributed by atoms with E-state index in [9.17, 15) is 84.0 Å². The maximum atomic E-state index is 14.1. The number of carbonyl (C=O) groups excluding carboxylic acids is 8. The van der Waals surface area contributed by atoms with Gasteiger partial charge in [0.2, 0.25) is 23.9 Å². The molecule has 0 bridgehead atoms. The number of nitrogens with one attached hydrogen (secondary N) is 3. The van der Waals surface area contributed by atoms with Gasteiger partial charge in [-0.3, -0.25) is 43.4 Å². The van der Waals surface area contributed by atoms with Crippen LogP contribution >= 0.6 is 0 Å². The largest absolute Gasteiger partial charge is 0.507 e. The first-order chi connectivity index (χ1) is 42.6. The molecule has 4 heterocycles. The summed E-state index contributed by atoms with van der Waals surface area (Å²) in [4.78, 5) is 118. The van der Waals surface area contributed by atoms with Gasteiger partial charge in [-0.1, -0.05) is 24.6 Å². The molecule has 4 aliphatic heterocycles. The Morgan fingerprint density at radius 2 is 1.54 bits per heavy atom. The molecular weight excluding hydrogens is 1170 g/mol. The third-order valence-electron chi connectivity index (χ3n) is 16.5. The summed E-state index contributed by atoms with van der Waals surface area (Å²) in [5, 5.41) is 94.4. The highest BCUT2D eigenvalue weighted by atomic mass is 16.7. The molecule has 6 aliphatic rings. The van der Waals surface area contributed by atoms with Crippen molar-refractivity contribution in [2.24, 2.45) is 5.92 Å². The number of benzene rings is 3. The molecule has 3 saturated heterocycles. The van der Waals surface area contributed by atoms with E-state index in [1.165, 1.54) is 60.6 Å². The molecule has 3 aromatic carbocycles. The van der Waals surface area contributed by atoms with Crippen molar-refractivity contribution >= 4 is 58.7 Å². The Morgan fingerprint density at radius 1 is 0.787 bits per heavy atom. The number of imide groups is 1. The van der Waals surface area contributed by atoms with Crippen molar-refractivity contribution in [3.63, 3.8) is 0 Å². The Hall–Kier alpha value is -7.97. The van der Waals surface area contributed by atoms with Gasteiger partial charge < -0.3 is 90.0 Å². The van der Waals surface area contributed by atoms with Crippen LogP contribution in [0, 0.1) is 5.92 Å². The van der Waals surface area contributed by atoms with Crippen molar-refractivity contribution < 1.29 is 117 Å². The fourth-order valence-corrected chi connectivity index (χ4v) is 11.8. The third-order valence-corrected chi connectivity index (χ3v) is 16.5. The number of fused-ring (bicyclic) bond motifs is 3. The molecule has 29 nitrogen and oxygen atoms in total. The second-order valence-corrected chi connectivity index (χ2v) is 22.3. The van der Waals surface area contributed by atoms with Gasteiger partial charge in [-0.15, -0.1) is 0 Å². The number of aliphatic carboxylic acids is 1. The second-order valence-electron chi connectivity index (χ2n) is 22.3. The van der Waals surface area contributed by atoms with Crippen molar-refractivity contribution in [3.05, 3.63) is 87.5 Å². The van der Waals surface area contributed by atoms with Crippen LogP contribution in [0.5, 0.6) is 23.0 Å². The average Bonchev–Trinajstić information content (AvgIpc) is 1.19. The highest BCUT2D eigenvalue weighted by Gasteiger charge is 2.49. The number of carboxylic acids is 1. The van der Waals surface area contributed by atoms with E-state index >= 15 is 0 Å². The Morgan fingerprint density at radius 3 is 2.27 bits per heavy atom. The summed E-state index contributed by atoms with van der Waals surface area (Å²) in [7, 11) is 1.32. The number of Topliss-reactive ketones (excluding diaryl/α,β-unsaturated/α-hetero) is 1. The van der Waals surface area contributed by atoms with Gasteiger partial charge in [0.25, 0.3) is 11.8 Å². The molecule has 0 spiro atoms. The van der Waals surface area contributed by atoms with Gasteiger partial charge >= 0.3 is 12.1 Å². The minimum Gasteiger partial charge on any atom is -0.507 e. The zero-order valence-corrected chi connectivity index (χ0v) is 48.6. The lowest BCUT2D eigenvalue weighted by molar-refractivity contribution is -0.271. The number of phenolic OH excluding ortho intramolecular Hbond substituents is 2. The summed E-state index contributed by atoms with van der Waals surface area (Å²) in [6.07, 6.45) is -11.4. The van der Waals surface area contributed by atoms with Gasteiger partial charge in [0, 0.05) is 73.2 Å². The van der Waals surface area contributed by atoms with Crippen molar-refractivity contribution in [2.75, 3.05) is 51.8 Å². The van der Waals surface area contributed by atoms with E-state index in [1.54, 1.807) is 6.92 Å². The van der Waals surface area contributed by atoms with E-state index in [2.05, 4.69) is 16.0 Å². The normalized spacial score (nSPS) is 26.3. The fourth-order valence-electron chi connectivity index (χ4n) is 11.8. The van der Waals surface area contributed by atoms with Gasteiger partial charge in [0.15, 0.2) is 24.0 Å². The molecule has 2 aliphatic carbocycles. The molecule has 3 aromatic rings. The fraction of sp³-hybridized carbons (Fsp3) is 0.517. The highest BCUT2D eigenvalue weighted by molar-refractivity contribution is 6.31. The van der Waals surface area contributed by atoms with Crippen molar-refractivity contribution in [2.45, 2.75) is 145 Å². The van der Waals surface area contributed by atoms with Gasteiger partial charge in [-0.05, 0) is 75.8 Å². The second kappa shape index (κ2) is 28.7. The van der Waals surface area contributed by atoms with E-state index < -0.39 is 150 Å². The number of ether oxygens (including phenoxy) is 7. The van der Waals surface area contributed by atoms with Crippen LogP contribution in [0.2, 0.25) is 0 Å². The average molecular weight is 1250 g/mol. The van der Waals surface area contributed by atoms with Gasteiger partial charge in [-0.25, -0.2) is 9.59 Å². The minimum atomic E-state index is -2.02. The molecule has 0 saturated carbocycles. The molecule has 12 atom stereocenters. The molecule has 9 rings (SSSR count). The number of carboxylic acid groups (broad SMARTS) is 1. The van der Waals surface area contributed by atoms with Crippen molar-refractivity contribution in [1.82, 2.24) is 20.4 Å². The predicted octanol–water partition coefficient (Wildman–Crippen LogP) is 0.494. The first-order valence-electron chi connectivity index (χ1n) is 29.2. The van der Waals surface area contributed by atoms with Crippen molar-refractivity contribution in [3.8, 4) is 23.0 Å². The first-order valence-corrected chi connectivity index (χ1v) is 29.2. The third kappa shape index (κ3) is 14.4. The smallest absolute Gasteiger partial charge is 0.412 e. The Labute approximate surface area is 508 Å². The van der Waals surface area contributed by atoms with Crippen LogP contribution < -0.4 is 25.4 Å². The predicted molar refractivity (Wildman–Crippen MR) is 302 cm³/mol. The summed E-state index contributed by atoms with van der Waals surface area (Å²) in [5.74, 6) is -7.87. The van der Waals surface area contributed by atoms with Crippen LogP contribution in [0.15, 0.2) is 48.6 Å². The molecule has 11 N–H and O–H groups in total. The summed E-state index contributed by atoms with van der Waals surface area (Å²) >= 11 is 0. The van der Waals surface area contributed by atoms with Gasteiger partial charge in [0.05, 0.1) is 61.0 Å². The number of ketones is 3. The first kappa shape index (κ1) is 65.5. The summed E-state index contributed by atoms with van der Waals surface area (Å²) in [6.45, 7) is 1.16. The van der Waals surface area contributed by atoms with E-state index in [1.807, 2.05) is 0 Å². The number of methoxy groups -OCH3 is 1. The lowest BCUT2D eigenvalue weighted by atomic mass is 9.73. The number of amides is 5. The number of anilines is 1. The summed E-state index contributed by atoms with van der Waals surface area (Å²) in [5.41, 5.74) is -0.881. The SMILES string of the molecule is COc1cccc2c1C(=O)c1c(O)c3c(c(O)c1C2=O)C[C@@H](C(=O)CO)CC3OC1CC(NCCCC2OCCN2C(=O)OCc2ccc(O[C@@H]3O[C@H](C(=O)O)[C@@H](O)[C@H](O)[C@H]3O)c(NC(=O)CCNC(=O)CCCCCN3C(=O)C=CC3=O)c2)C(O)C(C)O1. The zero-order valence-electron chi connectivity index (χ0n) is 48.6. The van der Waals surface area contributed by atoms with Crippen molar-refractivity contribution in [1.29, 1.82) is 0 Å². The molecule has 89 heavy (non-hydrogen) atoms. The molecule has 29 heteroatoms. The standard InChI is InChI=1S/C60H71N5O24/c1-28-49(72)34(25-44(86-28)87-38-24-30(35(67)26-66)23-32-46(38)53(76)48-47(51(32)74)50(73)31-8-6-9-37(83-2)45(31)52(48)75)61-17-7-11-43-65(20-21-84-43)60(82)85-27-29-12-13-36(88-59-56(79)54(77)55(78)57(89-59)58(80)81)33(22-29)63-40(69)16-18-62-39(68)10-4-3-5-19-64-41(70)14-15-42(64)71/h6,8-9,12-15,22,28,30,34,38,43-44,49,54-57,59,61,66,72,74,76-79H,3-5,7,10-11,16-21,23-27H2,1-2H3,(H,62,68)(H,63,69)(H,80,81)/t28?,30-,34?,38?,43?,44?,49?,54+,55+,56-,57+,59-/m1/s1. The maximum absolute atomic E-state index is 14.1. The Balaban J connectivity index is 0.793. The van der Waals surface area contributed by atoms with Crippen LogP contribution in [-0.4, -0.2) is 212 Å². The molecule has 6 unspecified atom stereocenters. The van der Waals surface area contributed by atoms with E-state index in [0.29, 0.717) is 37.7 Å². The quantitative estimate of drug-likeness (QED) is 0.0244. The van der Waals surface area contributed by atoms with Crippen LogP contribution in [0.3, 0.4) is 0 Å². The number of carbonyl (C=O) groups is 9. The molecule has 0 radical (unpaired) electrons. The number of hydrogen-bond donors (Lipinski definition) is 11. The number of nitrogens with zero attached hydrogens (tertiary/aromatic N) is 2. The zero-order chi connectivity index (χ0) is 64.0. The lowest BCUT2D eigenvalue weighted by Gasteiger charge is -2.41. The van der Waals surface area contributed by atoms with E-state index in [0.717, 1.165) is 4.90 Å². The van der Waals surface area contributed by atoms with Gasteiger partial charge in [0.1, 0.15) is 60.8 Å². The molecule has 5 amide bonds. The monoisotopic (exact) mass is 1250 g/mol. The molecule has 3 fully saturated rings. The van der Waals surface area contributed by atoms with Crippen LogP contribution in [0.4, 0.5) is 10.5 Å². The number of aromatic hydroxyl groups is 2. The number of unbranched alkanes of at least 4 members (excludes halogenated alkanes) is 2. The Bertz CT molecular complexity index is 3250. The number of phenols is 2. The number of aliphatic hydroxyl groups excluding tert-OH is 5. The highest BCUT2D eigenvalue weighted by Crippen LogP contribution is 2.52. The summed E-state index contributed by atoms with van der Waals surface area (Å²) < 4.78 is 40.6. The molecular formula is C60H71N5O24. The topological polar surface area (TPSA) is 423 Å².